The van der Waals surface area contributed by atoms with Crippen LogP contribution in [0, 0.1) is 0 Å². The number of nitrogens with zero attached hydrogens (tertiary/aromatic N) is 4. The van der Waals surface area contributed by atoms with Crippen LogP contribution in [0.3, 0.4) is 0 Å². The number of nitrogens with one attached hydrogen (secondary N) is 1. The summed E-state index contributed by atoms with van der Waals surface area (Å²) in [5.41, 5.74) is 1.61. The van der Waals surface area contributed by atoms with Crippen LogP contribution in [0.4, 0.5) is 5.95 Å². The minimum absolute atomic E-state index is 0.0456. The number of anilines is 1. The van der Waals surface area contributed by atoms with E-state index in [1.54, 1.807) is 19.4 Å². The number of carbonyl (C=O) groups excluding carboxylic acids is 1. The molecule has 148 valence electrons. The van der Waals surface area contributed by atoms with Gasteiger partial charge in [0.15, 0.2) is 0 Å². The zero-order valence-electron chi connectivity index (χ0n) is 16.3. The molecular formula is C21H27N5O2. The Kier molecular flexibility index (Phi) is 5.83. The lowest BCUT2D eigenvalue weighted by atomic mass is 9.96. The van der Waals surface area contributed by atoms with E-state index in [2.05, 4.69) is 32.3 Å². The summed E-state index contributed by atoms with van der Waals surface area (Å²) in [7, 11) is 1.76. The maximum absolute atomic E-state index is 13.3. The average molecular weight is 381 g/mol. The number of amides is 1. The van der Waals surface area contributed by atoms with Crippen LogP contribution in [0.15, 0.2) is 42.7 Å². The van der Waals surface area contributed by atoms with Crippen LogP contribution in [-0.4, -0.2) is 71.6 Å². The van der Waals surface area contributed by atoms with Gasteiger partial charge in [0.2, 0.25) is 5.95 Å². The molecule has 7 nitrogen and oxygen atoms in total. The number of hydrogen-bond donors (Lipinski definition) is 1. The SMILES string of the molecule is CNc1ncc(C(=O)N2CCO[C@@H](CN3CCCC3)[C@@H]2c2ccccc2)cn1. The Bertz CT molecular complexity index is 777. The molecule has 2 aromatic rings. The lowest BCUT2D eigenvalue weighted by Gasteiger charge is -2.42. The van der Waals surface area contributed by atoms with Crippen molar-refractivity contribution in [3.8, 4) is 0 Å². The molecular weight excluding hydrogens is 354 g/mol. The van der Waals surface area contributed by atoms with Gasteiger partial charge in [0, 0.05) is 32.5 Å². The number of morpholine rings is 1. The molecule has 4 rings (SSSR count). The van der Waals surface area contributed by atoms with Crippen molar-refractivity contribution in [2.75, 3.05) is 45.2 Å². The molecule has 3 heterocycles. The normalized spacial score (nSPS) is 23.0. The fourth-order valence-electron chi connectivity index (χ4n) is 4.11. The number of aromatic nitrogens is 2. The molecule has 7 heteroatoms. The third-order valence-corrected chi connectivity index (χ3v) is 5.51. The predicted molar refractivity (Wildman–Crippen MR) is 107 cm³/mol. The Morgan fingerprint density at radius 3 is 2.54 bits per heavy atom. The largest absolute Gasteiger partial charge is 0.373 e. The van der Waals surface area contributed by atoms with Gasteiger partial charge in [-0.2, -0.15) is 0 Å². The summed E-state index contributed by atoms with van der Waals surface area (Å²) in [6.45, 7) is 4.16. The van der Waals surface area contributed by atoms with E-state index in [0.717, 1.165) is 25.2 Å². The molecule has 2 saturated heterocycles. The Morgan fingerprint density at radius 1 is 1.14 bits per heavy atom. The molecule has 0 spiro atoms. The molecule has 1 amide bonds. The summed E-state index contributed by atoms with van der Waals surface area (Å²) in [6, 6.07) is 10.1. The van der Waals surface area contributed by atoms with E-state index in [0.29, 0.717) is 24.7 Å². The van der Waals surface area contributed by atoms with Gasteiger partial charge in [-0.25, -0.2) is 9.97 Å². The molecule has 1 aromatic carbocycles. The van der Waals surface area contributed by atoms with E-state index in [4.69, 9.17) is 4.74 Å². The van der Waals surface area contributed by atoms with Gasteiger partial charge < -0.3 is 19.9 Å². The molecule has 2 aliphatic heterocycles. The van der Waals surface area contributed by atoms with Crippen molar-refractivity contribution in [3.05, 3.63) is 53.9 Å². The Balaban J connectivity index is 1.61. The number of likely N-dealkylation sites (tertiary alicyclic amines) is 1. The van der Waals surface area contributed by atoms with Crippen molar-refractivity contribution in [1.82, 2.24) is 19.8 Å². The Morgan fingerprint density at radius 2 is 1.86 bits per heavy atom. The topological polar surface area (TPSA) is 70.6 Å². The van der Waals surface area contributed by atoms with E-state index in [1.807, 2.05) is 23.1 Å². The van der Waals surface area contributed by atoms with E-state index in [-0.39, 0.29) is 18.1 Å². The fraction of sp³-hybridized carbons (Fsp3) is 0.476. The third-order valence-electron chi connectivity index (χ3n) is 5.51. The first-order valence-corrected chi connectivity index (χ1v) is 9.96. The molecule has 1 N–H and O–H groups in total. The number of hydrogen-bond acceptors (Lipinski definition) is 6. The molecule has 0 bridgehead atoms. The number of rotatable bonds is 5. The van der Waals surface area contributed by atoms with Crippen molar-refractivity contribution in [3.63, 3.8) is 0 Å². The summed E-state index contributed by atoms with van der Waals surface area (Å²) in [4.78, 5) is 26.1. The molecule has 2 atom stereocenters. The van der Waals surface area contributed by atoms with Crippen molar-refractivity contribution >= 4 is 11.9 Å². The summed E-state index contributed by atoms with van der Waals surface area (Å²) >= 11 is 0. The maximum Gasteiger partial charge on any atom is 0.257 e. The average Bonchev–Trinajstić information content (AvgIpc) is 3.27. The van der Waals surface area contributed by atoms with Crippen LogP contribution in [0.5, 0.6) is 0 Å². The van der Waals surface area contributed by atoms with E-state index < -0.39 is 0 Å². The second-order valence-corrected chi connectivity index (χ2v) is 7.32. The van der Waals surface area contributed by atoms with Crippen LogP contribution in [-0.2, 0) is 4.74 Å². The van der Waals surface area contributed by atoms with Gasteiger partial charge in [-0.05, 0) is 31.5 Å². The second-order valence-electron chi connectivity index (χ2n) is 7.32. The Labute approximate surface area is 165 Å². The first kappa shape index (κ1) is 18.8. The smallest absolute Gasteiger partial charge is 0.257 e. The van der Waals surface area contributed by atoms with Crippen molar-refractivity contribution in [2.24, 2.45) is 0 Å². The minimum atomic E-state index is -0.118. The molecule has 2 fully saturated rings. The summed E-state index contributed by atoms with van der Waals surface area (Å²) in [6.07, 6.45) is 5.61. The van der Waals surface area contributed by atoms with E-state index in [1.165, 1.54) is 12.8 Å². The van der Waals surface area contributed by atoms with Gasteiger partial charge in [0.25, 0.3) is 5.91 Å². The zero-order chi connectivity index (χ0) is 19.3. The van der Waals surface area contributed by atoms with Crippen LogP contribution in [0.25, 0.3) is 0 Å². The van der Waals surface area contributed by atoms with E-state index >= 15 is 0 Å². The predicted octanol–water partition coefficient (Wildman–Crippen LogP) is 2.20. The van der Waals surface area contributed by atoms with Gasteiger partial charge in [-0.3, -0.25) is 4.79 Å². The Hall–Kier alpha value is -2.51. The first-order chi connectivity index (χ1) is 13.8. The number of ether oxygens (including phenoxy) is 1. The fourth-order valence-corrected chi connectivity index (χ4v) is 4.11. The van der Waals surface area contributed by atoms with Gasteiger partial charge in [0.05, 0.1) is 24.3 Å². The van der Waals surface area contributed by atoms with Crippen LogP contribution < -0.4 is 5.32 Å². The quantitative estimate of drug-likeness (QED) is 0.856. The maximum atomic E-state index is 13.3. The minimum Gasteiger partial charge on any atom is -0.373 e. The monoisotopic (exact) mass is 381 g/mol. The first-order valence-electron chi connectivity index (χ1n) is 9.96. The van der Waals surface area contributed by atoms with Gasteiger partial charge in [-0.1, -0.05) is 30.3 Å². The van der Waals surface area contributed by atoms with E-state index in [9.17, 15) is 4.79 Å². The standard InChI is InChI=1S/C21H27N5O2/c1-22-21-23-13-17(14-24-21)20(27)26-11-12-28-18(15-25-9-5-6-10-25)19(26)16-7-3-2-4-8-16/h2-4,7-8,13-14,18-19H,5-6,9-12,15H2,1H3,(H,22,23,24)/t18-,19-/m0/s1. The van der Waals surface area contributed by atoms with Gasteiger partial charge in [-0.15, -0.1) is 0 Å². The van der Waals surface area contributed by atoms with Crippen LogP contribution in [0.2, 0.25) is 0 Å². The van der Waals surface area contributed by atoms with Gasteiger partial charge >= 0.3 is 0 Å². The lowest BCUT2D eigenvalue weighted by Crippen LogP contribution is -2.51. The summed E-state index contributed by atoms with van der Waals surface area (Å²) < 4.78 is 6.18. The molecule has 1 aromatic heterocycles. The third kappa shape index (κ3) is 4.00. The summed E-state index contributed by atoms with van der Waals surface area (Å²) in [5, 5.41) is 2.88. The highest BCUT2D eigenvalue weighted by Gasteiger charge is 2.38. The lowest BCUT2D eigenvalue weighted by molar-refractivity contribution is -0.0707. The molecule has 0 unspecified atom stereocenters. The molecule has 0 aliphatic carbocycles. The van der Waals surface area contributed by atoms with Crippen molar-refractivity contribution in [2.45, 2.75) is 25.0 Å². The highest BCUT2D eigenvalue weighted by molar-refractivity contribution is 5.94. The van der Waals surface area contributed by atoms with Crippen molar-refractivity contribution in [1.29, 1.82) is 0 Å². The highest BCUT2D eigenvalue weighted by atomic mass is 16.5. The summed E-state index contributed by atoms with van der Waals surface area (Å²) in [5.74, 6) is 0.455. The zero-order valence-corrected chi connectivity index (χ0v) is 16.3. The number of benzene rings is 1. The van der Waals surface area contributed by atoms with Crippen molar-refractivity contribution < 1.29 is 9.53 Å². The molecule has 0 radical (unpaired) electrons. The number of carbonyl (C=O) groups is 1. The van der Waals surface area contributed by atoms with Crippen LogP contribution >= 0.6 is 0 Å². The molecule has 28 heavy (non-hydrogen) atoms. The molecule has 0 saturated carbocycles. The highest BCUT2D eigenvalue weighted by Crippen LogP contribution is 2.32. The second kappa shape index (κ2) is 8.67. The van der Waals surface area contributed by atoms with Crippen LogP contribution in [0.1, 0.15) is 34.8 Å². The molecule has 2 aliphatic rings. The van der Waals surface area contributed by atoms with Gasteiger partial charge in [0.1, 0.15) is 0 Å².